The van der Waals surface area contributed by atoms with E-state index in [1.54, 1.807) is 18.6 Å². The molecule has 1 aliphatic rings. The van der Waals surface area contributed by atoms with E-state index in [4.69, 9.17) is 14.7 Å². The van der Waals surface area contributed by atoms with Gasteiger partial charge in [-0.25, -0.2) is 9.71 Å². The van der Waals surface area contributed by atoms with Crippen LogP contribution in [-0.2, 0) is 24.0 Å². The number of benzene rings is 1. The van der Waals surface area contributed by atoms with E-state index < -0.39 is 58.3 Å². The number of aliphatic hydroxyl groups excluding tert-OH is 2. The molecule has 2 aromatic rings. The van der Waals surface area contributed by atoms with E-state index in [0.717, 1.165) is 0 Å². The summed E-state index contributed by atoms with van der Waals surface area (Å²) >= 11 is 0. The van der Waals surface area contributed by atoms with Crippen LogP contribution in [0.3, 0.4) is 0 Å². The Balaban J connectivity index is 1.70. The van der Waals surface area contributed by atoms with Gasteiger partial charge in [0.05, 0.1) is 29.4 Å². The van der Waals surface area contributed by atoms with Gasteiger partial charge in [-0.15, -0.1) is 0 Å². The highest BCUT2D eigenvalue weighted by molar-refractivity contribution is 7.85. The van der Waals surface area contributed by atoms with Crippen LogP contribution in [0, 0.1) is 16.0 Å². The van der Waals surface area contributed by atoms with E-state index in [1.165, 1.54) is 29.1 Å². The van der Waals surface area contributed by atoms with Crippen molar-refractivity contribution in [2.24, 2.45) is 11.7 Å². The van der Waals surface area contributed by atoms with Gasteiger partial charge in [0.25, 0.3) is 11.6 Å². The number of ether oxygens (including phenoxy) is 1. The maximum absolute atomic E-state index is 12.1. The number of nitrogens with two attached hydrogens (primary N) is 1. The molecule has 1 aromatic heterocycles. The first-order valence-corrected chi connectivity index (χ1v) is 11.5. The van der Waals surface area contributed by atoms with Gasteiger partial charge in [0.1, 0.15) is 18.3 Å². The molecule has 0 spiro atoms. The van der Waals surface area contributed by atoms with Crippen molar-refractivity contribution >= 4 is 32.9 Å². The summed E-state index contributed by atoms with van der Waals surface area (Å²) < 4.78 is 37.5. The van der Waals surface area contributed by atoms with Crippen LogP contribution >= 0.6 is 0 Å². The van der Waals surface area contributed by atoms with Gasteiger partial charge in [-0.1, -0.05) is 26.3 Å². The molecule has 2 heterocycles. The number of carbonyl (C=O) groups excluding carboxylic acids is 1. The van der Waals surface area contributed by atoms with Crippen molar-refractivity contribution in [1.82, 2.24) is 14.3 Å². The van der Waals surface area contributed by atoms with E-state index in [9.17, 15) is 33.5 Å². The molecule has 0 aliphatic carbocycles. The predicted molar refractivity (Wildman–Crippen MR) is 113 cm³/mol. The van der Waals surface area contributed by atoms with Crippen molar-refractivity contribution in [1.29, 1.82) is 0 Å². The van der Waals surface area contributed by atoms with Gasteiger partial charge in [0, 0.05) is 6.07 Å². The van der Waals surface area contributed by atoms with Gasteiger partial charge < -0.3 is 25.3 Å². The lowest BCUT2D eigenvalue weighted by Crippen LogP contribution is -2.47. The zero-order valence-corrected chi connectivity index (χ0v) is 18.6. The first-order chi connectivity index (χ1) is 15.5. The second-order valence-electron chi connectivity index (χ2n) is 7.72. The molecule has 1 fully saturated rings. The first-order valence-electron chi connectivity index (χ1n) is 10.0. The maximum atomic E-state index is 12.1. The lowest BCUT2D eigenvalue weighted by molar-refractivity contribution is -0.383. The lowest BCUT2D eigenvalue weighted by Gasteiger charge is -2.18. The highest BCUT2D eigenvalue weighted by Gasteiger charge is 2.45. The molecule has 1 aliphatic heterocycles. The molecule has 5 N–H and O–H groups in total. The number of non-ortho nitro benzene ring substituents is 1. The lowest BCUT2D eigenvalue weighted by atomic mass is 10.00. The van der Waals surface area contributed by atoms with Crippen LogP contribution in [-0.4, -0.2) is 70.0 Å². The molecule has 0 radical (unpaired) electrons. The van der Waals surface area contributed by atoms with Gasteiger partial charge in [-0.3, -0.25) is 19.1 Å². The van der Waals surface area contributed by atoms with Gasteiger partial charge in [-0.05, 0) is 12.0 Å². The second kappa shape index (κ2) is 9.66. The molecule has 182 valence electrons. The first kappa shape index (κ1) is 24.9. The Kier molecular flexibility index (Phi) is 7.30. The molecular weight excluding hydrogens is 462 g/mol. The zero-order valence-electron chi connectivity index (χ0n) is 17.8. The van der Waals surface area contributed by atoms with E-state index in [0.29, 0.717) is 6.42 Å². The molecule has 33 heavy (non-hydrogen) atoms. The third-order valence-corrected chi connectivity index (χ3v) is 6.46. The minimum absolute atomic E-state index is 0.0513. The summed E-state index contributed by atoms with van der Waals surface area (Å²) in [6, 6.07) is 3.15. The van der Waals surface area contributed by atoms with Crippen LogP contribution in [0.5, 0.6) is 0 Å². The smallest absolute Gasteiger partial charge is 0.362 e. The highest BCUT2D eigenvalue weighted by Crippen LogP contribution is 2.34. The minimum Gasteiger partial charge on any atom is -0.387 e. The third-order valence-electron chi connectivity index (χ3n) is 5.56. The molecule has 1 aromatic carbocycles. The Morgan fingerprint density at radius 3 is 2.76 bits per heavy atom. The number of rotatable bonds is 9. The molecule has 15 heteroatoms. The number of nitro benzene ring substituents is 1. The monoisotopic (exact) mass is 487 g/mol. The van der Waals surface area contributed by atoms with Crippen LogP contribution in [0.2, 0.25) is 0 Å². The van der Waals surface area contributed by atoms with Crippen molar-refractivity contribution in [3.8, 4) is 0 Å². The Hall–Kier alpha value is -2.69. The van der Waals surface area contributed by atoms with Crippen molar-refractivity contribution in [2.45, 2.75) is 50.8 Å². The summed E-state index contributed by atoms with van der Waals surface area (Å²) in [6.45, 7) is 2.77. The maximum Gasteiger partial charge on any atom is 0.362 e. The number of aromatic nitrogens is 2. The van der Waals surface area contributed by atoms with Crippen molar-refractivity contribution in [3.63, 3.8) is 0 Å². The molecule has 0 bridgehead atoms. The van der Waals surface area contributed by atoms with Crippen molar-refractivity contribution in [2.75, 3.05) is 6.61 Å². The molecule has 1 saturated heterocycles. The summed E-state index contributed by atoms with van der Waals surface area (Å²) in [5, 5.41) is 31.9. The van der Waals surface area contributed by atoms with E-state index >= 15 is 0 Å². The van der Waals surface area contributed by atoms with Crippen LogP contribution in [0.1, 0.15) is 26.5 Å². The van der Waals surface area contributed by atoms with Gasteiger partial charge in [-0.2, -0.15) is 8.42 Å². The SMILES string of the molecule is CC[C@H](C)[C@H](N)C(=O)NS(=O)(=O)OC[C@H]1O[C@@H](n2cnc3c([N+](=O)[O-])cccc32)[C@H](O)[C@@H]1O. The summed E-state index contributed by atoms with van der Waals surface area (Å²) in [6.07, 6.45) is -3.84. The molecular formula is C18H25N5O9S. The van der Waals surface area contributed by atoms with Crippen LogP contribution in [0.25, 0.3) is 11.0 Å². The average molecular weight is 487 g/mol. The van der Waals surface area contributed by atoms with Crippen LogP contribution in [0.15, 0.2) is 24.5 Å². The molecule has 14 nitrogen and oxygen atoms in total. The Morgan fingerprint density at radius 2 is 2.12 bits per heavy atom. The number of nitro groups is 1. The number of nitrogens with zero attached hydrogens (tertiary/aromatic N) is 3. The number of nitrogens with one attached hydrogen (secondary N) is 1. The summed E-state index contributed by atoms with van der Waals surface area (Å²) in [7, 11) is -4.56. The fourth-order valence-electron chi connectivity index (χ4n) is 3.38. The Labute approximate surface area is 188 Å². The predicted octanol–water partition coefficient (Wildman–Crippen LogP) is -0.685. The average Bonchev–Trinajstić information content (AvgIpc) is 3.31. The van der Waals surface area contributed by atoms with Gasteiger partial charge in [0.15, 0.2) is 11.7 Å². The van der Waals surface area contributed by atoms with Crippen LogP contribution in [0.4, 0.5) is 5.69 Å². The standard InChI is InChI=1S/C18H25N5O9S/c1-3-9(2)13(19)17(26)21-33(29,30)31-7-12-15(24)16(25)18(32-12)22-8-20-14-10(22)5-4-6-11(14)23(27)28/h4-6,8-9,12-13,15-16,18,24-25H,3,7,19H2,1-2H3,(H,21,26)/t9-,12+,13-,15+,16+,18+/m0/s1. The number of amides is 1. The van der Waals surface area contributed by atoms with Crippen LogP contribution < -0.4 is 10.5 Å². The molecule has 0 saturated carbocycles. The van der Waals surface area contributed by atoms with E-state index in [2.05, 4.69) is 4.98 Å². The molecule has 3 rings (SSSR count). The molecule has 1 amide bonds. The number of hydrogen-bond acceptors (Lipinski definition) is 11. The number of imidazole rings is 1. The quantitative estimate of drug-likeness (QED) is 0.257. The number of para-hydroxylation sites is 1. The number of carbonyl (C=O) groups is 1. The normalized spacial score (nSPS) is 25.1. The Morgan fingerprint density at radius 1 is 1.42 bits per heavy atom. The van der Waals surface area contributed by atoms with E-state index in [1.807, 2.05) is 0 Å². The molecule has 6 atom stereocenters. The largest absolute Gasteiger partial charge is 0.387 e. The van der Waals surface area contributed by atoms with Gasteiger partial charge in [0.2, 0.25) is 0 Å². The highest BCUT2D eigenvalue weighted by atomic mass is 32.2. The minimum atomic E-state index is -4.56. The van der Waals surface area contributed by atoms with Crippen molar-refractivity contribution in [3.05, 3.63) is 34.6 Å². The van der Waals surface area contributed by atoms with Gasteiger partial charge >= 0.3 is 10.3 Å². The fourth-order valence-corrected chi connectivity index (χ4v) is 4.13. The zero-order chi connectivity index (χ0) is 24.5. The number of aliphatic hydroxyl groups is 2. The summed E-state index contributed by atoms with van der Waals surface area (Å²) in [5.41, 5.74) is 5.77. The molecule has 0 unspecified atom stereocenters. The van der Waals surface area contributed by atoms with E-state index in [-0.39, 0.29) is 22.6 Å². The number of fused-ring (bicyclic) bond motifs is 1. The topological polar surface area (TPSA) is 209 Å². The summed E-state index contributed by atoms with van der Waals surface area (Å²) in [4.78, 5) is 26.6. The van der Waals surface area contributed by atoms with Crippen molar-refractivity contribution < 1.29 is 37.3 Å². The Bertz CT molecular complexity index is 1140. The second-order valence-corrected chi connectivity index (χ2v) is 9.06. The third kappa shape index (κ3) is 5.13. The summed E-state index contributed by atoms with van der Waals surface area (Å²) in [5.74, 6) is -1.21. The number of hydrogen-bond donors (Lipinski definition) is 4. The fraction of sp³-hybridized carbons (Fsp3) is 0.556.